The number of nitrogens with one attached hydrogen (secondary N) is 1. The summed E-state index contributed by atoms with van der Waals surface area (Å²) in [4.78, 5) is 0. The van der Waals surface area contributed by atoms with Crippen LogP contribution in [0, 0.1) is 0 Å². The van der Waals surface area contributed by atoms with Gasteiger partial charge in [0, 0.05) is 11.6 Å². The molecule has 0 bridgehead atoms. The lowest BCUT2D eigenvalue weighted by atomic mass is 10.0. The molecule has 1 rings (SSSR count). The average Bonchev–Trinajstić information content (AvgIpc) is 2.27. The Kier molecular flexibility index (Phi) is 3.94. The van der Waals surface area contributed by atoms with Gasteiger partial charge in [-0.3, -0.25) is 5.73 Å². The Bertz CT molecular complexity index is 326. The van der Waals surface area contributed by atoms with Crippen molar-refractivity contribution >= 4 is 0 Å². The van der Waals surface area contributed by atoms with Crippen molar-refractivity contribution in [3.8, 4) is 11.5 Å². The van der Waals surface area contributed by atoms with E-state index in [4.69, 9.17) is 15.2 Å². The first-order valence-corrected chi connectivity index (χ1v) is 4.71. The molecule has 0 amide bonds. The first kappa shape index (κ1) is 11.8. The summed E-state index contributed by atoms with van der Waals surface area (Å²) in [6.45, 7) is 1.63. The molecule has 0 aliphatic carbocycles. The molecular weight excluding hydrogens is 194 g/mol. The summed E-state index contributed by atoms with van der Waals surface area (Å²) in [6, 6.07) is 4.56. The van der Waals surface area contributed by atoms with Crippen LogP contribution in [0.2, 0.25) is 0 Å². The largest absolute Gasteiger partial charge is 0.497 e. The quantitative estimate of drug-likeness (QED) is 0.817. The number of hydrogen-bond acceptors (Lipinski definition) is 3. The van der Waals surface area contributed by atoms with E-state index in [9.17, 15) is 5.11 Å². The van der Waals surface area contributed by atoms with E-state index in [1.165, 1.54) is 7.11 Å². The van der Waals surface area contributed by atoms with Crippen LogP contribution in [0.15, 0.2) is 18.2 Å². The van der Waals surface area contributed by atoms with Crippen LogP contribution in [-0.4, -0.2) is 25.4 Å². The Morgan fingerprint density at radius 1 is 1.27 bits per heavy atom. The van der Waals surface area contributed by atoms with E-state index in [2.05, 4.69) is 0 Å². The number of aliphatic hydroxyl groups excluding tert-OH is 1. The fourth-order valence-corrected chi connectivity index (χ4v) is 1.34. The van der Waals surface area contributed by atoms with Crippen LogP contribution >= 0.6 is 0 Å². The van der Waals surface area contributed by atoms with E-state index in [1.807, 2.05) is 0 Å². The number of methoxy groups -OCH3 is 2. The molecule has 0 saturated carbocycles. The van der Waals surface area contributed by atoms with Crippen LogP contribution < -0.4 is 15.2 Å². The summed E-state index contributed by atoms with van der Waals surface area (Å²) in [5.41, 5.74) is 8.06. The van der Waals surface area contributed by atoms with Gasteiger partial charge in [-0.1, -0.05) is 0 Å². The molecule has 0 aromatic heterocycles. The highest BCUT2D eigenvalue weighted by Gasteiger charge is 2.18. The predicted octanol–water partition coefficient (Wildman–Crippen LogP) is 1.41. The maximum Gasteiger partial charge on any atom is 0.124 e. The number of hydrogen-bond donors (Lipinski definition) is 1. The highest BCUT2D eigenvalue weighted by Crippen LogP contribution is 2.30. The van der Waals surface area contributed by atoms with Gasteiger partial charge in [-0.15, -0.1) is 0 Å². The molecule has 0 heterocycles. The molecule has 1 radical (unpaired) electrons. The van der Waals surface area contributed by atoms with Gasteiger partial charge in [0.15, 0.2) is 0 Å². The zero-order valence-corrected chi connectivity index (χ0v) is 9.15. The summed E-state index contributed by atoms with van der Waals surface area (Å²) in [5, 5.41) is 9.81. The maximum absolute atomic E-state index is 9.81. The summed E-state index contributed by atoms with van der Waals surface area (Å²) in [6.07, 6.45) is -0.866. The third-order valence-electron chi connectivity index (χ3n) is 2.23. The molecule has 2 N–H and O–H groups in total. The summed E-state index contributed by atoms with van der Waals surface area (Å²) < 4.78 is 10.2. The number of benzene rings is 1. The highest BCUT2D eigenvalue weighted by molar-refractivity contribution is 5.42. The predicted molar refractivity (Wildman–Crippen MR) is 57.1 cm³/mol. The monoisotopic (exact) mass is 210 g/mol. The zero-order valence-electron chi connectivity index (χ0n) is 9.15. The molecular formula is C11H16NO3. The molecule has 1 aromatic carbocycles. The van der Waals surface area contributed by atoms with E-state index in [0.29, 0.717) is 17.1 Å². The van der Waals surface area contributed by atoms with Crippen molar-refractivity contribution in [2.24, 2.45) is 0 Å². The van der Waals surface area contributed by atoms with Crippen LogP contribution in [-0.2, 0) is 0 Å². The van der Waals surface area contributed by atoms with Gasteiger partial charge in [0.2, 0.25) is 0 Å². The molecule has 0 aliphatic heterocycles. The van der Waals surface area contributed by atoms with Crippen molar-refractivity contribution in [2.45, 2.75) is 19.1 Å². The fraction of sp³-hybridized carbons (Fsp3) is 0.455. The van der Waals surface area contributed by atoms with Gasteiger partial charge in [-0.25, -0.2) is 0 Å². The molecule has 15 heavy (non-hydrogen) atoms. The molecule has 2 atom stereocenters. The highest BCUT2D eigenvalue weighted by atomic mass is 16.5. The van der Waals surface area contributed by atoms with Crippen molar-refractivity contribution in [2.75, 3.05) is 14.2 Å². The first-order valence-electron chi connectivity index (χ1n) is 4.71. The van der Waals surface area contributed by atoms with Crippen LogP contribution in [0.1, 0.15) is 18.6 Å². The Morgan fingerprint density at radius 3 is 2.40 bits per heavy atom. The third-order valence-corrected chi connectivity index (χ3v) is 2.23. The number of aliphatic hydroxyl groups is 1. The smallest absolute Gasteiger partial charge is 0.124 e. The Labute approximate surface area is 89.6 Å². The van der Waals surface area contributed by atoms with Gasteiger partial charge in [0.05, 0.1) is 20.3 Å². The zero-order chi connectivity index (χ0) is 11.4. The lowest BCUT2D eigenvalue weighted by Crippen LogP contribution is -2.16. The molecule has 0 aliphatic rings. The topological polar surface area (TPSA) is 62.5 Å². The Hall–Kier alpha value is -1.26. The maximum atomic E-state index is 9.81. The lowest BCUT2D eigenvalue weighted by molar-refractivity contribution is 0.146. The number of ether oxygens (including phenoxy) is 2. The Balaban J connectivity index is 3.11. The van der Waals surface area contributed by atoms with Crippen LogP contribution in [0.3, 0.4) is 0 Å². The van der Waals surface area contributed by atoms with E-state index in [-0.39, 0.29) is 0 Å². The minimum Gasteiger partial charge on any atom is -0.497 e. The molecule has 1 aromatic rings. The van der Waals surface area contributed by atoms with Crippen molar-refractivity contribution in [1.82, 2.24) is 5.73 Å². The Morgan fingerprint density at radius 2 is 1.93 bits per heavy atom. The van der Waals surface area contributed by atoms with E-state index < -0.39 is 12.1 Å². The van der Waals surface area contributed by atoms with Crippen LogP contribution in [0.5, 0.6) is 11.5 Å². The second kappa shape index (κ2) is 5.00. The third kappa shape index (κ3) is 2.61. The standard InChI is InChI=1S/C11H16NO3/c1-7(12)11(13)9-6-8(14-2)4-5-10(9)15-3/h4-7,11-13H,1-3H3/t7-,11-/m0/s1. The number of rotatable bonds is 4. The summed E-state index contributed by atoms with van der Waals surface area (Å²) >= 11 is 0. The van der Waals surface area contributed by atoms with Crippen molar-refractivity contribution in [3.63, 3.8) is 0 Å². The second-order valence-corrected chi connectivity index (χ2v) is 3.34. The minimum absolute atomic E-state index is 0.572. The van der Waals surface area contributed by atoms with Crippen molar-refractivity contribution in [3.05, 3.63) is 23.8 Å². The molecule has 0 spiro atoms. The van der Waals surface area contributed by atoms with Crippen LogP contribution in [0.4, 0.5) is 0 Å². The van der Waals surface area contributed by atoms with Crippen molar-refractivity contribution < 1.29 is 14.6 Å². The lowest BCUT2D eigenvalue weighted by Gasteiger charge is -2.18. The SMILES string of the molecule is COc1ccc(OC)c([C@@H](O)[C@H](C)[NH])c1. The summed E-state index contributed by atoms with van der Waals surface area (Å²) in [5.74, 6) is 1.22. The van der Waals surface area contributed by atoms with Gasteiger partial charge < -0.3 is 14.6 Å². The van der Waals surface area contributed by atoms with Gasteiger partial charge in [-0.2, -0.15) is 0 Å². The van der Waals surface area contributed by atoms with E-state index in [0.717, 1.165) is 0 Å². The second-order valence-electron chi connectivity index (χ2n) is 3.34. The normalized spacial score (nSPS) is 14.5. The van der Waals surface area contributed by atoms with Gasteiger partial charge in [0.25, 0.3) is 0 Å². The molecule has 0 unspecified atom stereocenters. The summed E-state index contributed by atoms with van der Waals surface area (Å²) in [7, 11) is 3.09. The van der Waals surface area contributed by atoms with Gasteiger partial charge >= 0.3 is 0 Å². The fourth-order valence-electron chi connectivity index (χ4n) is 1.34. The molecule has 0 fully saturated rings. The molecule has 4 heteroatoms. The average molecular weight is 210 g/mol. The molecule has 4 nitrogen and oxygen atoms in total. The van der Waals surface area contributed by atoms with Gasteiger partial charge in [0.1, 0.15) is 11.5 Å². The van der Waals surface area contributed by atoms with E-state index in [1.54, 1.807) is 32.2 Å². The first-order chi connectivity index (χ1) is 7.10. The van der Waals surface area contributed by atoms with Gasteiger partial charge in [-0.05, 0) is 25.1 Å². The minimum atomic E-state index is -0.866. The molecule has 83 valence electrons. The van der Waals surface area contributed by atoms with Crippen molar-refractivity contribution in [1.29, 1.82) is 0 Å². The van der Waals surface area contributed by atoms with E-state index >= 15 is 0 Å². The molecule has 0 saturated heterocycles. The van der Waals surface area contributed by atoms with Crippen LogP contribution in [0.25, 0.3) is 0 Å².